The van der Waals surface area contributed by atoms with Gasteiger partial charge in [-0.25, -0.2) is 0 Å². The van der Waals surface area contributed by atoms with Crippen molar-refractivity contribution in [3.8, 4) is 5.75 Å². The van der Waals surface area contributed by atoms with Gasteiger partial charge in [0.1, 0.15) is 5.75 Å². The summed E-state index contributed by atoms with van der Waals surface area (Å²) in [5.41, 5.74) is 3.25. The first kappa shape index (κ1) is 12.9. The van der Waals surface area contributed by atoms with Crippen LogP contribution in [0.15, 0.2) is 12.1 Å². The quantitative estimate of drug-likeness (QED) is 0.822. The van der Waals surface area contributed by atoms with E-state index >= 15 is 0 Å². The molecule has 4 heteroatoms. The van der Waals surface area contributed by atoms with Crippen molar-refractivity contribution in [2.45, 2.75) is 20.4 Å². The summed E-state index contributed by atoms with van der Waals surface area (Å²) in [6, 6.07) is 4.09. The molecule has 1 rings (SSSR count). The van der Waals surface area contributed by atoms with Gasteiger partial charge in [0.15, 0.2) is 0 Å². The van der Waals surface area contributed by atoms with Gasteiger partial charge in [0, 0.05) is 19.2 Å². The third-order valence-corrected chi connectivity index (χ3v) is 2.78. The Balaban J connectivity index is 3.07. The van der Waals surface area contributed by atoms with Gasteiger partial charge >= 0.3 is 0 Å². The number of aryl methyl sites for hydroxylation is 2. The molecule has 1 aromatic rings. The number of hydrogen-bond acceptors (Lipinski definition) is 2. The number of rotatable bonds is 3. The maximum Gasteiger partial charge on any atom is 0.278 e. The fourth-order valence-electron chi connectivity index (χ4n) is 1.78. The first-order valence-corrected chi connectivity index (χ1v) is 5.48. The van der Waals surface area contributed by atoms with E-state index in [-0.39, 0.29) is 5.24 Å². The van der Waals surface area contributed by atoms with E-state index in [1.165, 1.54) is 0 Å². The number of carbonyl (C=O) groups is 1. The Bertz CT molecular complexity index is 404. The van der Waals surface area contributed by atoms with Gasteiger partial charge in [-0.15, -0.1) is 0 Å². The lowest BCUT2D eigenvalue weighted by atomic mass is 10.1. The molecule has 16 heavy (non-hydrogen) atoms. The molecule has 0 saturated carbocycles. The Morgan fingerprint density at radius 2 is 2.06 bits per heavy atom. The molecule has 0 radical (unpaired) electrons. The largest absolute Gasteiger partial charge is 0.496 e. The molecule has 1 aromatic carbocycles. The first-order chi connectivity index (χ1) is 7.45. The molecule has 0 unspecified atom stereocenters. The van der Waals surface area contributed by atoms with E-state index in [4.69, 9.17) is 4.74 Å². The third kappa shape index (κ3) is 2.92. The number of ether oxygens (including phenoxy) is 1. The highest BCUT2D eigenvalue weighted by Crippen LogP contribution is 2.26. The van der Waals surface area contributed by atoms with Crippen molar-refractivity contribution in [1.82, 2.24) is 4.90 Å². The Morgan fingerprint density at radius 1 is 1.44 bits per heavy atom. The van der Waals surface area contributed by atoms with Crippen LogP contribution in [0.1, 0.15) is 16.7 Å². The monoisotopic (exact) mass is 239 g/mol. The molecule has 0 aromatic heterocycles. The molecular formula is C12H17NO2S. The van der Waals surface area contributed by atoms with Crippen molar-refractivity contribution in [3.05, 3.63) is 28.8 Å². The molecule has 0 aliphatic carbocycles. The molecule has 1 amide bonds. The zero-order chi connectivity index (χ0) is 12.3. The maximum atomic E-state index is 11.1. The molecule has 3 nitrogen and oxygen atoms in total. The van der Waals surface area contributed by atoms with E-state index in [2.05, 4.69) is 18.7 Å². The standard InChI is InChI=1S/C12H17NO2S/c1-8-5-9(2)11(15-4)10(6-8)7-13(3)12(14)16/h5-6H,7H2,1-4H3,(H,14,16). The van der Waals surface area contributed by atoms with Crippen LogP contribution < -0.4 is 4.74 Å². The number of methoxy groups -OCH3 is 1. The summed E-state index contributed by atoms with van der Waals surface area (Å²) in [5.74, 6) is 0.840. The number of carbonyl (C=O) groups excluding carboxylic acids is 1. The molecule has 88 valence electrons. The van der Waals surface area contributed by atoms with Crippen LogP contribution in [0.25, 0.3) is 0 Å². The maximum absolute atomic E-state index is 11.1. The predicted molar refractivity (Wildman–Crippen MR) is 68.3 cm³/mol. The molecule has 0 heterocycles. The van der Waals surface area contributed by atoms with E-state index in [0.717, 1.165) is 22.4 Å². The van der Waals surface area contributed by atoms with Crippen LogP contribution in [0.5, 0.6) is 5.75 Å². The van der Waals surface area contributed by atoms with Crippen LogP contribution in [0.3, 0.4) is 0 Å². The second kappa shape index (κ2) is 5.25. The molecule has 0 N–H and O–H groups in total. The lowest BCUT2D eigenvalue weighted by molar-refractivity contribution is 0.231. The Kier molecular flexibility index (Phi) is 4.24. The first-order valence-electron chi connectivity index (χ1n) is 5.04. The molecule has 0 aliphatic rings. The van der Waals surface area contributed by atoms with E-state index < -0.39 is 0 Å². The second-order valence-electron chi connectivity index (χ2n) is 3.91. The zero-order valence-electron chi connectivity index (χ0n) is 10.1. The minimum absolute atomic E-state index is 0.249. The molecule has 0 fully saturated rings. The Labute approximate surface area is 102 Å². The van der Waals surface area contributed by atoms with Gasteiger partial charge in [-0.1, -0.05) is 30.3 Å². The van der Waals surface area contributed by atoms with Crippen LogP contribution in [0.2, 0.25) is 0 Å². The van der Waals surface area contributed by atoms with Crippen LogP contribution in [0, 0.1) is 13.8 Å². The van der Waals surface area contributed by atoms with E-state index in [1.807, 2.05) is 19.9 Å². The highest BCUT2D eigenvalue weighted by Gasteiger charge is 2.11. The molecule has 0 atom stereocenters. The summed E-state index contributed by atoms with van der Waals surface area (Å²) < 4.78 is 5.35. The lowest BCUT2D eigenvalue weighted by Gasteiger charge is -2.18. The van der Waals surface area contributed by atoms with Crippen molar-refractivity contribution < 1.29 is 9.53 Å². The smallest absolute Gasteiger partial charge is 0.278 e. The third-order valence-electron chi connectivity index (χ3n) is 2.43. The van der Waals surface area contributed by atoms with Crippen LogP contribution in [-0.4, -0.2) is 24.3 Å². The van der Waals surface area contributed by atoms with Gasteiger partial charge < -0.3 is 9.64 Å². The number of nitrogens with zero attached hydrogens (tertiary/aromatic N) is 1. The summed E-state index contributed by atoms with van der Waals surface area (Å²) in [6.45, 7) is 4.53. The minimum Gasteiger partial charge on any atom is -0.496 e. The second-order valence-corrected chi connectivity index (χ2v) is 4.30. The van der Waals surface area contributed by atoms with Gasteiger partial charge in [0.2, 0.25) is 0 Å². The molecular weight excluding hydrogens is 222 g/mol. The van der Waals surface area contributed by atoms with Gasteiger partial charge in [0.05, 0.1) is 7.11 Å². The van der Waals surface area contributed by atoms with Gasteiger partial charge in [-0.05, 0) is 19.4 Å². The summed E-state index contributed by atoms with van der Waals surface area (Å²) in [5, 5.41) is -0.249. The van der Waals surface area contributed by atoms with Crippen LogP contribution in [0.4, 0.5) is 4.79 Å². The van der Waals surface area contributed by atoms with Crippen LogP contribution >= 0.6 is 12.6 Å². The van der Waals surface area contributed by atoms with Gasteiger partial charge in [-0.3, -0.25) is 4.79 Å². The summed E-state index contributed by atoms with van der Waals surface area (Å²) in [6.07, 6.45) is 0. The lowest BCUT2D eigenvalue weighted by Crippen LogP contribution is -2.20. The average Bonchev–Trinajstić information content (AvgIpc) is 2.16. The molecule has 0 aliphatic heterocycles. The SMILES string of the molecule is COc1c(C)cc(C)cc1CN(C)C(=O)S. The highest BCUT2D eigenvalue weighted by atomic mass is 32.1. The van der Waals surface area contributed by atoms with Crippen molar-refractivity contribution in [3.63, 3.8) is 0 Å². The van der Waals surface area contributed by atoms with E-state index in [9.17, 15) is 4.79 Å². The summed E-state index contributed by atoms with van der Waals surface area (Å²) in [7, 11) is 3.36. The Hall–Kier alpha value is -1.16. The van der Waals surface area contributed by atoms with Gasteiger partial charge in [0.25, 0.3) is 5.24 Å². The van der Waals surface area contributed by atoms with Crippen molar-refractivity contribution >= 4 is 17.9 Å². The average molecular weight is 239 g/mol. The molecule has 0 bridgehead atoms. The summed E-state index contributed by atoms with van der Waals surface area (Å²) in [4.78, 5) is 12.6. The number of thiol groups is 1. The molecule has 0 saturated heterocycles. The highest BCUT2D eigenvalue weighted by molar-refractivity contribution is 7.96. The zero-order valence-corrected chi connectivity index (χ0v) is 11.0. The number of benzene rings is 1. The fourth-order valence-corrected chi connectivity index (χ4v) is 1.85. The molecule has 0 spiro atoms. The van der Waals surface area contributed by atoms with E-state index in [1.54, 1.807) is 19.1 Å². The van der Waals surface area contributed by atoms with E-state index in [0.29, 0.717) is 6.54 Å². The van der Waals surface area contributed by atoms with Crippen LogP contribution in [-0.2, 0) is 6.54 Å². The normalized spacial score (nSPS) is 10.1. The topological polar surface area (TPSA) is 29.5 Å². The van der Waals surface area contributed by atoms with Crippen molar-refractivity contribution in [1.29, 1.82) is 0 Å². The summed E-state index contributed by atoms with van der Waals surface area (Å²) >= 11 is 3.78. The van der Waals surface area contributed by atoms with Crippen molar-refractivity contribution in [2.75, 3.05) is 14.2 Å². The van der Waals surface area contributed by atoms with Gasteiger partial charge in [-0.2, -0.15) is 0 Å². The Morgan fingerprint density at radius 3 is 2.56 bits per heavy atom. The predicted octanol–water partition coefficient (Wildman–Crippen LogP) is 2.79. The number of hydrogen-bond donors (Lipinski definition) is 1. The number of amides is 1. The van der Waals surface area contributed by atoms with Crippen molar-refractivity contribution in [2.24, 2.45) is 0 Å². The fraction of sp³-hybridized carbons (Fsp3) is 0.417. The minimum atomic E-state index is -0.249.